The van der Waals surface area contributed by atoms with E-state index in [0.29, 0.717) is 5.92 Å². The van der Waals surface area contributed by atoms with Gasteiger partial charge in [-0.05, 0) is 18.9 Å². The molecule has 0 bridgehead atoms. The lowest BCUT2D eigenvalue weighted by Gasteiger charge is -2.36. The highest BCUT2D eigenvalue weighted by Crippen LogP contribution is 2.30. The smallest absolute Gasteiger partial charge is 0.122 e. The summed E-state index contributed by atoms with van der Waals surface area (Å²) in [6.45, 7) is 12.7. The van der Waals surface area contributed by atoms with Crippen LogP contribution in [0.3, 0.4) is 0 Å². The Morgan fingerprint density at radius 1 is 1.43 bits per heavy atom. The van der Waals surface area contributed by atoms with E-state index in [1.54, 1.807) is 0 Å². The van der Waals surface area contributed by atoms with Crippen LogP contribution in [-0.4, -0.2) is 53.8 Å². The van der Waals surface area contributed by atoms with E-state index in [-0.39, 0.29) is 5.41 Å². The van der Waals surface area contributed by atoms with Crippen LogP contribution in [0.1, 0.15) is 26.1 Å². The highest BCUT2D eigenvalue weighted by atomic mass is 16.5. The first-order valence-corrected chi connectivity index (χ1v) is 8.18. The molecular weight excluding hydrogens is 264 g/mol. The average molecular weight is 292 g/mol. The highest BCUT2D eigenvalue weighted by Gasteiger charge is 2.37. The third-order valence-corrected chi connectivity index (χ3v) is 4.62. The summed E-state index contributed by atoms with van der Waals surface area (Å²) < 4.78 is 8.00. The molecule has 1 unspecified atom stereocenters. The number of ether oxygens (including phenoxy) is 1. The summed E-state index contributed by atoms with van der Waals surface area (Å²) in [5, 5.41) is 3.64. The summed E-state index contributed by atoms with van der Waals surface area (Å²) >= 11 is 0. The van der Waals surface area contributed by atoms with E-state index in [1.807, 2.05) is 6.20 Å². The van der Waals surface area contributed by atoms with Crippen LogP contribution < -0.4 is 5.32 Å². The van der Waals surface area contributed by atoms with Crippen LogP contribution in [0, 0.1) is 11.3 Å². The van der Waals surface area contributed by atoms with Crippen molar-refractivity contribution in [2.45, 2.75) is 33.4 Å². The molecule has 5 nitrogen and oxygen atoms in total. The first-order chi connectivity index (χ1) is 10.2. The van der Waals surface area contributed by atoms with Crippen LogP contribution in [-0.2, 0) is 17.8 Å². The Bertz CT molecular complexity index is 451. The molecule has 1 fully saturated rings. The fourth-order valence-corrected chi connectivity index (χ4v) is 3.43. The fraction of sp³-hybridized carbons (Fsp3) is 0.812. The summed E-state index contributed by atoms with van der Waals surface area (Å²) in [5.74, 6) is 1.90. The monoisotopic (exact) mass is 292 g/mol. The maximum absolute atomic E-state index is 5.73. The van der Waals surface area contributed by atoms with E-state index >= 15 is 0 Å². The number of imidazole rings is 1. The Morgan fingerprint density at radius 2 is 2.33 bits per heavy atom. The fourth-order valence-electron chi connectivity index (χ4n) is 3.43. The number of fused-ring (bicyclic) bond motifs is 1. The first kappa shape index (κ1) is 15.0. The standard InChI is InChI=1S/C16H28N4O/c1-14(2)9-17-11-16(3-8-21-13-16)12-19-6-7-20-5-4-18-15(20)10-19/h4-5,14,17H,3,6-13H2,1-2H3. The van der Waals surface area contributed by atoms with Crippen LogP contribution in [0.5, 0.6) is 0 Å². The maximum atomic E-state index is 5.73. The molecule has 0 spiro atoms. The van der Waals surface area contributed by atoms with E-state index in [9.17, 15) is 0 Å². The molecule has 0 aliphatic carbocycles. The van der Waals surface area contributed by atoms with Crippen molar-refractivity contribution in [3.63, 3.8) is 0 Å². The van der Waals surface area contributed by atoms with Gasteiger partial charge in [-0.15, -0.1) is 0 Å². The molecule has 1 aromatic heterocycles. The highest BCUT2D eigenvalue weighted by molar-refractivity contribution is 4.97. The van der Waals surface area contributed by atoms with Gasteiger partial charge < -0.3 is 14.6 Å². The van der Waals surface area contributed by atoms with Crippen LogP contribution in [0.25, 0.3) is 0 Å². The topological polar surface area (TPSA) is 42.3 Å². The first-order valence-electron chi connectivity index (χ1n) is 8.18. The summed E-state index contributed by atoms with van der Waals surface area (Å²) in [6, 6.07) is 0. The average Bonchev–Trinajstić information content (AvgIpc) is 3.07. The molecule has 2 aliphatic rings. The Morgan fingerprint density at radius 3 is 3.10 bits per heavy atom. The van der Waals surface area contributed by atoms with Crippen molar-refractivity contribution < 1.29 is 4.74 Å². The molecule has 0 aromatic carbocycles. The largest absolute Gasteiger partial charge is 0.381 e. The number of nitrogens with one attached hydrogen (secondary N) is 1. The second kappa shape index (κ2) is 6.46. The zero-order valence-corrected chi connectivity index (χ0v) is 13.3. The molecule has 118 valence electrons. The summed E-state index contributed by atoms with van der Waals surface area (Å²) in [7, 11) is 0. The Balaban J connectivity index is 1.58. The van der Waals surface area contributed by atoms with E-state index in [4.69, 9.17) is 4.74 Å². The normalized spacial score (nSPS) is 26.4. The number of rotatable bonds is 6. The van der Waals surface area contributed by atoms with Crippen LogP contribution in [0.4, 0.5) is 0 Å². The molecule has 5 heteroatoms. The molecule has 0 saturated carbocycles. The molecular formula is C16H28N4O. The Kier molecular flexibility index (Phi) is 4.62. The lowest BCUT2D eigenvalue weighted by Crippen LogP contribution is -2.47. The molecule has 3 heterocycles. The van der Waals surface area contributed by atoms with E-state index in [0.717, 1.165) is 52.5 Å². The minimum Gasteiger partial charge on any atom is -0.381 e. The lowest BCUT2D eigenvalue weighted by molar-refractivity contribution is 0.0929. The van der Waals surface area contributed by atoms with Gasteiger partial charge in [0.2, 0.25) is 0 Å². The van der Waals surface area contributed by atoms with Gasteiger partial charge in [0.1, 0.15) is 5.82 Å². The minimum absolute atomic E-state index is 0.281. The van der Waals surface area contributed by atoms with Gasteiger partial charge >= 0.3 is 0 Å². The van der Waals surface area contributed by atoms with E-state index in [2.05, 4.69) is 39.8 Å². The predicted octanol–water partition coefficient (Wildman–Crippen LogP) is 1.35. The van der Waals surface area contributed by atoms with Crippen molar-refractivity contribution in [1.82, 2.24) is 19.8 Å². The lowest BCUT2D eigenvalue weighted by atomic mass is 9.86. The van der Waals surface area contributed by atoms with Crippen LogP contribution in [0.2, 0.25) is 0 Å². The molecule has 1 atom stereocenters. The number of nitrogens with zero attached hydrogens (tertiary/aromatic N) is 3. The third kappa shape index (κ3) is 3.65. The second-order valence-corrected chi connectivity index (χ2v) is 7.07. The van der Waals surface area contributed by atoms with Gasteiger partial charge in [-0.1, -0.05) is 13.8 Å². The van der Waals surface area contributed by atoms with Crippen molar-refractivity contribution in [3.8, 4) is 0 Å². The SMILES string of the molecule is CC(C)CNCC1(CN2CCn3ccnc3C2)CCOC1. The molecule has 1 N–H and O–H groups in total. The van der Waals surface area contributed by atoms with Crippen molar-refractivity contribution in [3.05, 3.63) is 18.2 Å². The quantitative estimate of drug-likeness (QED) is 0.859. The second-order valence-electron chi connectivity index (χ2n) is 7.07. The Labute approximate surface area is 127 Å². The zero-order valence-electron chi connectivity index (χ0n) is 13.3. The molecule has 0 amide bonds. The van der Waals surface area contributed by atoms with Crippen molar-refractivity contribution in [2.24, 2.45) is 11.3 Å². The van der Waals surface area contributed by atoms with Crippen LogP contribution in [0.15, 0.2) is 12.4 Å². The summed E-state index contributed by atoms with van der Waals surface area (Å²) in [6.07, 6.45) is 5.17. The summed E-state index contributed by atoms with van der Waals surface area (Å²) in [5.41, 5.74) is 0.281. The van der Waals surface area contributed by atoms with Gasteiger partial charge in [-0.2, -0.15) is 0 Å². The predicted molar refractivity (Wildman–Crippen MR) is 83.1 cm³/mol. The molecule has 1 saturated heterocycles. The van der Waals surface area contributed by atoms with Crippen molar-refractivity contribution in [1.29, 1.82) is 0 Å². The molecule has 2 aliphatic heterocycles. The Hall–Kier alpha value is -0.910. The molecule has 1 aromatic rings. The van der Waals surface area contributed by atoms with Gasteiger partial charge in [0.25, 0.3) is 0 Å². The minimum atomic E-state index is 0.281. The maximum Gasteiger partial charge on any atom is 0.122 e. The van der Waals surface area contributed by atoms with Crippen LogP contribution >= 0.6 is 0 Å². The number of aromatic nitrogens is 2. The van der Waals surface area contributed by atoms with Gasteiger partial charge in [0.05, 0.1) is 13.2 Å². The third-order valence-electron chi connectivity index (χ3n) is 4.62. The molecule has 21 heavy (non-hydrogen) atoms. The summed E-state index contributed by atoms with van der Waals surface area (Å²) in [4.78, 5) is 7.01. The number of hydrogen-bond acceptors (Lipinski definition) is 4. The zero-order chi connectivity index (χ0) is 14.7. The van der Waals surface area contributed by atoms with E-state index < -0.39 is 0 Å². The van der Waals surface area contributed by atoms with Crippen molar-refractivity contribution >= 4 is 0 Å². The van der Waals surface area contributed by atoms with Crippen molar-refractivity contribution in [2.75, 3.05) is 39.4 Å². The van der Waals surface area contributed by atoms with Gasteiger partial charge in [-0.3, -0.25) is 4.90 Å². The van der Waals surface area contributed by atoms with Gasteiger partial charge in [-0.25, -0.2) is 4.98 Å². The molecule has 0 radical (unpaired) electrons. The molecule has 3 rings (SSSR count). The van der Waals surface area contributed by atoms with Gasteiger partial charge in [0, 0.05) is 50.6 Å². The van der Waals surface area contributed by atoms with Gasteiger partial charge in [0.15, 0.2) is 0 Å². The van der Waals surface area contributed by atoms with E-state index in [1.165, 1.54) is 12.2 Å². The number of hydrogen-bond donors (Lipinski definition) is 1.